The molecular weight excluding hydrogens is 255 g/mol. The number of aromatic nitrogens is 3. The third-order valence-electron chi connectivity index (χ3n) is 1.52. The topological polar surface area (TPSA) is 54.0 Å². The molecule has 0 saturated carbocycles. The maximum Gasteiger partial charge on any atom is 0.175 e. The monoisotopic (exact) mass is 256 g/mol. The molecule has 4 nitrogen and oxygen atoms in total. The van der Waals surface area contributed by atoms with Crippen LogP contribution >= 0.6 is 27.5 Å². The molecule has 0 amide bonds. The summed E-state index contributed by atoms with van der Waals surface area (Å²) >= 11 is 8.84. The Balaban J connectivity index is 2.91. The molecular formula is C7H2BrClN4. The second-order valence-corrected chi connectivity index (χ2v) is 3.43. The van der Waals surface area contributed by atoms with E-state index in [0.29, 0.717) is 21.0 Å². The molecule has 2 rings (SSSR count). The van der Waals surface area contributed by atoms with Gasteiger partial charge in [-0.25, -0.2) is 9.50 Å². The normalized spacial score (nSPS) is 10.2. The minimum absolute atomic E-state index is 0.344. The predicted molar refractivity (Wildman–Crippen MR) is 50.4 cm³/mol. The van der Waals surface area contributed by atoms with Gasteiger partial charge in [0.05, 0.1) is 0 Å². The van der Waals surface area contributed by atoms with E-state index in [2.05, 4.69) is 26.0 Å². The third kappa shape index (κ3) is 1.28. The van der Waals surface area contributed by atoms with Crippen molar-refractivity contribution in [3.63, 3.8) is 0 Å². The highest BCUT2D eigenvalue weighted by molar-refractivity contribution is 9.10. The number of nitriles is 1. The van der Waals surface area contributed by atoms with Crippen molar-refractivity contribution in [3.8, 4) is 6.07 Å². The van der Waals surface area contributed by atoms with Gasteiger partial charge < -0.3 is 0 Å². The molecule has 64 valence electrons. The summed E-state index contributed by atoms with van der Waals surface area (Å²) in [4.78, 5) is 3.98. The summed E-state index contributed by atoms with van der Waals surface area (Å²) in [6.45, 7) is 0. The van der Waals surface area contributed by atoms with Crippen molar-refractivity contribution in [2.75, 3.05) is 0 Å². The second-order valence-electron chi connectivity index (χ2n) is 2.30. The molecule has 2 aromatic rings. The fraction of sp³-hybridized carbons (Fsp3) is 0. The van der Waals surface area contributed by atoms with Crippen LogP contribution in [0.3, 0.4) is 0 Å². The molecule has 0 N–H and O–H groups in total. The van der Waals surface area contributed by atoms with Gasteiger partial charge in [0.15, 0.2) is 5.65 Å². The number of hydrogen-bond acceptors (Lipinski definition) is 3. The molecule has 2 aromatic heterocycles. The van der Waals surface area contributed by atoms with Crippen LogP contribution in [0.4, 0.5) is 0 Å². The lowest BCUT2D eigenvalue weighted by Crippen LogP contribution is -1.89. The molecule has 0 radical (unpaired) electrons. The van der Waals surface area contributed by atoms with Crippen LogP contribution in [0.1, 0.15) is 5.56 Å². The van der Waals surface area contributed by atoms with Crippen LogP contribution in [-0.2, 0) is 0 Å². The highest BCUT2D eigenvalue weighted by Crippen LogP contribution is 2.19. The van der Waals surface area contributed by atoms with Crippen LogP contribution in [0.2, 0.25) is 5.15 Å². The molecule has 0 aliphatic heterocycles. The zero-order chi connectivity index (χ0) is 9.42. The number of rotatable bonds is 0. The van der Waals surface area contributed by atoms with Gasteiger partial charge in [-0.1, -0.05) is 11.6 Å². The lowest BCUT2D eigenvalue weighted by molar-refractivity contribution is 0.927. The van der Waals surface area contributed by atoms with Crippen molar-refractivity contribution in [2.24, 2.45) is 0 Å². The molecule has 0 atom stereocenters. The van der Waals surface area contributed by atoms with E-state index in [4.69, 9.17) is 16.9 Å². The van der Waals surface area contributed by atoms with Gasteiger partial charge in [0.1, 0.15) is 21.4 Å². The van der Waals surface area contributed by atoms with Crippen molar-refractivity contribution in [1.82, 2.24) is 14.6 Å². The first-order valence-electron chi connectivity index (χ1n) is 3.33. The Labute approximate surface area is 86.9 Å². The van der Waals surface area contributed by atoms with Gasteiger partial charge in [0, 0.05) is 6.20 Å². The van der Waals surface area contributed by atoms with Gasteiger partial charge in [0.25, 0.3) is 0 Å². The highest BCUT2D eigenvalue weighted by Gasteiger charge is 2.10. The van der Waals surface area contributed by atoms with Gasteiger partial charge >= 0.3 is 0 Å². The Morgan fingerprint density at radius 2 is 2.38 bits per heavy atom. The molecule has 6 heteroatoms. The lowest BCUT2D eigenvalue weighted by Gasteiger charge is -1.91. The SMILES string of the molecule is N#Cc1c(Br)nn2ccc(Cl)nc12. The summed E-state index contributed by atoms with van der Waals surface area (Å²) < 4.78 is 1.97. The highest BCUT2D eigenvalue weighted by atomic mass is 79.9. The van der Waals surface area contributed by atoms with Crippen LogP contribution in [0.15, 0.2) is 16.9 Å². The van der Waals surface area contributed by atoms with Crippen LogP contribution in [0.5, 0.6) is 0 Å². The molecule has 0 aliphatic rings. The molecule has 0 saturated heterocycles. The molecule has 0 bridgehead atoms. The summed E-state index contributed by atoms with van der Waals surface area (Å²) in [5.41, 5.74) is 0.851. The zero-order valence-corrected chi connectivity index (χ0v) is 8.54. The molecule has 0 fully saturated rings. The van der Waals surface area contributed by atoms with Gasteiger partial charge in [-0.2, -0.15) is 10.4 Å². The maximum absolute atomic E-state index is 8.78. The van der Waals surface area contributed by atoms with Gasteiger partial charge in [-0.15, -0.1) is 0 Å². The van der Waals surface area contributed by atoms with E-state index in [1.165, 1.54) is 4.52 Å². The summed E-state index contributed by atoms with van der Waals surface area (Å²) in [5.74, 6) is 0. The second kappa shape index (κ2) is 2.98. The first-order valence-corrected chi connectivity index (χ1v) is 4.50. The average Bonchev–Trinajstić information content (AvgIpc) is 2.40. The summed E-state index contributed by atoms with van der Waals surface area (Å²) in [6, 6.07) is 3.60. The van der Waals surface area contributed by atoms with Crippen LogP contribution in [0.25, 0.3) is 5.65 Å². The van der Waals surface area contributed by atoms with E-state index in [0.717, 1.165) is 0 Å². The standard InChI is InChI=1S/C7H2BrClN4/c8-6-4(3-10)7-11-5(9)1-2-13(7)12-6/h1-2H. The molecule has 0 spiro atoms. The average molecular weight is 257 g/mol. The van der Waals surface area contributed by atoms with Crippen LogP contribution in [0, 0.1) is 11.3 Å². The maximum atomic E-state index is 8.78. The Morgan fingerprint density at radius 1 is 1.62 bits per heavy atom. The van der Waals surface area contributed by atoms with Crippen molar-refractivity contribution in [1.29, 1.82) is 5.26 Å². The van der Waals surface area contributed by atoms with Crippen molar-refractivity contribution in [2.45, 2.75) is 0 Å². The number of fused-ring (bicyclic) bond motifs is 1. The summed E-state index contributed by atoms with van der Waals surface area (Å²) in [5, 5.41) is 13.1. The number of halogens is 2. The Hall–Kier alpha value is -1.12. The minimum Gasteiger partial charge on any atom is -0.220 e. The molecule has 0 aromatic carbocycles. The Morgan fingerprint density at radius 3 is 3.08 bits per heavy atom. The Bertz CT molecular complexity index is 513. The molecule has 13 heavy (non-hydrogen) atoms. The quantitative estimate of drug-likeness (QED) is 0.679. The smallest absolute Gasteiger partial charge is 0.175 e. The fourth-order valence-corrected chi connectivity index (χ4v) is 1.55. The van der Waals surface area contributed by atoms with E-state index in [1.807, 2.05) is 6.07 Å². The van der Waals surface area contributed by atoms with Crippen molar-refractivity contribution >= 4 is 33.2 Å². The van der Waals surface area contributed by atoms with Gasteiger partial charge in [0.2, 0.25) is 0 Å². The van der Waals surface area contributed by atoms with E-state index < -0.39 is 0 Å². The molecule has 0 aliphatic carbocycles. The summed E-state index contributed by atoms with van der Waals surface area (Å²) in [7, 11) is 0. The largest absolute Gasteiger partial charge is 0.220 e. The zero-order valence-electron chi connectivity index (χ0n) is 6.20. The third-order valence-corrected chi connectivity index (χ3v) is 2.29. The Kier molecular flexibility index (Phi) is 1.94. The lowest BCUT2D eigenvalue weighted by atomic mass is 10.4. The van der Waals surface area contributed by atoms with E-state index in [1.54, 1.807) is 12.3 Å². The van der Waals surface area contributed by atoms with E-state index in [9.17, 15) is 0 Å². The number of hydrogen-bond donors (Lipinski definition) is 0. The number of nitrogens with zero attached hydrogens (tertiary/aromatic N) is 4. The predicted octanol–water partition coefficient (Wildman–Crippen LogP) is 2.02. The van der Waals surface area contributed by atoms with Gasteiger partial charge in [-0.05, 0) is 22.0 Å². The molecule has 2 heterocycles. The first-order chi connectivity index (χ1) is 6.22. The molecule has 0 unspecified atom stereocenters. The first kappa shape index (κ1) is 8.48. The van der Waals surface area contributed by atoms with E-state index >= 15 is 0 Å². The van der Waals surface area contributed by atoms with Gasteiger partial charge in [-0.3, -0.25) is 0 Å². The van der Waals surface area contributed by atoms with Crippen molar-refractivity contribution in [3.05, 3.63) is 27.6 Å². The van der Waals surface area contributed by atoms with Crippen molar-refractivity contribution < 1.29 is 0 Å². The van der Waals surface area contributed by atoms with E-state index in [-0.39, 0.29) is 0 Å². The fourth-order valence-electron chi connectivity index (χ4n) is 0.976. The van der Waals surface area contributed by atoms with Crippen LogP contribution < -0.4 is 0 Å². The van der Waals surface area contributed by atoms with Crippen LogP contribution in [-0.4, -0.2) is 14.6 Å². The summed E-state index contributed by atoms with van der Waals surface area (Å²) in [6.07, 6.45) is 1.65. The minimum atomic E-state index is 0.344.